The average Bonchev–Trinajstić information content (AvgIpc) is 2.12. The molecule has 0 aromatic rings. The summed E-state index contributed by atoms with van der Waals surface area (Å²) >= 11 is 0. The van der Waals surface area contributed by atoms with Crippen LogP contribution in [0.3, 0.4) is 0 Å². The minimum atomic E-state index is -0.967. The Labute approximate surface area is 94.3 Å². The summed E-state index contributed by atoms with van der Waals surface area (Å²) in [6.07, 6.45) is 0. The topological polar surface area (TPSA) is 92.9 Å². The van der Waals surface area contributed by atoms with E-state index in [1.54, 1.807) is 6.92 Å². The fraction of sp³-hybridized carbons (Fsp3) is 0.800. The second kappa shape index (κ2) is 4.80. The molecule has 1 heterocycles. The molecule has 0 aliphatic carbocycles. The van der Waals surface area contributed by atoms with E-state index in [2.05, 4.69) is 0 Å². The van der Waals surface area contributed by atoms with Gasteiger partial charge in [0.2, 0.25) is 5.91 Å². The van der Waals surface area contributed by atoms with Crippen molar-refractivity contribution in [2.45, 2.75) is 19.4 Å². The molecule has 1 saturated heterocycles. The normalized spacial score (nSPS) is 21.1. The van der Waals surface area contributed by atoms with Crippen LogP contribution in [0.25, 0.3) is 0 Å². The van der Waals surface area contributed by atoms with Gasteiger partial charge in [-0.15, -0.1) is 0 Å². The van der Waals surface area contributed by atoms with Crippen molar-refractivity contribution in [1.29, 1.82) is 0 Å². The number of hydrogen-bond acceptors (Lipinski definition) is 4. The van der Waals surface area contributed by atoms with Crippen molar-refractivity contribution >= 4 is 11.9 Å². The van der Waals surface area contributed by atoms with Gasteiger partial charge in [-0.05, 0) is 6.92 Å². The number of carbonyl (C=O) groups excluding carboxylic acids is 1. The van der Waals surface area contributed by atoms with Gasteiger partial charge in [0.25, 0.3) is 0 Å². The van der Waals surface area contributed by atoms with E-state index in [1.165, 1.54) is 0 Å². The highest BCUT2D eigenvalue weighted by Crippen LogP contribution is 2.25. The van der Waals surface area contributed by atoms with Crippen molar-refractivity contribution in [2.75, 3.05) is 26.2 Å². The molecule has 1 amide bonds. The summed E-state index contributed by atoms with van der Waals surface area (Å²) in [5.41, 5.74) is 4.75. The quantitative estimate of drug-likeness (QED) is 0.628. The zero-order chi connectivity index (χ0) is 12.3. The molecule has 6 heteroatoms. The molecule has 1 fully saturated rings. The Morgan fingerprint density at radius 1 is 1.56 bits per heavy atom. The van der Waals surface area contributed by atoms with Gasteiger partial charge < -0.3 is 15.6 Å². The first kappa shape index (κ1) is 12.9. The number of nitrogens with zero attached hydrogens (tertiary/aromatic N) is 1. The molecule has 1 unspecified atom stereocenters. The van der Waals surface area contributed by atoms with Gasteiger partial charge in [-0.1, -0.05) is 6.92 Å². The van der Waals surface area contributed by atoms with Crippen molar-refractivity contribution in [2.24, 2.45) is 11.7 Å². The van der Waals surface area contributed by atoms with Crippen molar-refractivity contribution in [1.82, 2.24) is 4.90 Å². The molecular weight excluding hydrogens is 212 g/mol. The summed E-state index contributed by atoms with van der Waals surface area (Å²) in [6, 6.07) is 0. The third-order valence-corrected chi connectivity index (χ3v) is 2.68. The summed E-state index contributed by atoms with van der Waals surface area (Å²) in [5, 5.41) is 8.48. The van der Waals surface area contributed by atoms with Gasteiger partial charge >= 0.3 is 5.97 Å². The standard InChI is InChI=1S/C10H18N2O4/c1-7(9(11)15)3-12-5-10(2,6-12)16-4-8(13)14/h7H,3-6H2,1-2H3,(H2,11,15)(H,13,14). The molecule has 1 rings (SSSR count). The highest BCUT2D eigenvalue weighted by Gasteiger charge is 2.40. The Morgan fingerprint density at radius 3 is 2.56 bits per heavy atom. The third-order valence-electron chi connectivity index (χ3n) is 2.68. The molecule has 16 heavy (non-hydrogen) atoms. The average molecular weight is 230 g/mol. The van der Waals surface area contributed by atoms with Crippen LogP contribution in [0, 0.1) is 5.92 Å². The summed E-state index contributed by atoms with van der Waals surface area (Å²) in [7, 11) is 0. The molecule has 0 saturated carbocycles. The minimum Gasteiger partial charge on any atom is -0.480 e. The SMILES string of the molecule is CC(CN1CC(C)(OCC(=O)O)C1)C(N)=O. The van der Waals surface area contributed by atoms with Gasteiger partial charge in [0.15, 0.2) is 0 Å². The van der Waals surface area contributed by atoms with Crippen molar-refractivity contribution in [3.63, 3.8) is 0 Å². The molecule has 92 valence electrons. The lowest BCUT2D eigenvalue weighted by Gasteiger charge is -2.48. The van der Waals surface area contributed by atoms with E-state index < -0.39 is 11.6 Å². The van der Waals surface area contributed by atoms with Crippen LogP contribution in [0.1, 0.15) is 13.8 Å². The van der Waals surface area contributed by atoms with E-state index in [4.69, 9.17) is 15.6 Å². The molecule has 0 aromatic carbocycles. The number of rotatable bonds is 6. The Kier molecular flexibility index (Phi) is 3.88. The van der Waals surface area contributed by atoms with E-state index in [0.29, 0.717) is 19.6 Å². The monoisotopic (exact) mass is 230 g/mol. The maximum atomic E-state index is 10.8. The zero-order valence-corrected chi connectivity index (χ0v) is 9.60. The van der Waals surface area contributed by atoms with E-state index in [-0.39, 0.29) is 18.4 Å². The fourth-order valence-electron chi connectivity index (χ4n) is 1.83. The number of primary amides is 1. The van der Waals surface area contributed by atoms with E-state index in [1.807, 2.05) is 11.8 Å². The summed E-state index contributed by atoms with van der Waals surface area (Å²) in [4.78, 5) is 23.2. The largest absolute Gasteiger partial charge is 0.480 e. The molecule has 3 N–H and O–H groups in total. The van der Waals surface area contributed by atoms with Gasteiger partial charge in [-0.2, -0.15) is 0 Å². The van der Waals surface area contributed by atoms with E-state index in [0.717, 1.165) is 0 Å². The molecule has 0 bridgehead atoms. The third kappa shape index (κ3) is 3.46. The predicted molar refractivity (Wildman–Crippen MR) is 56.8 cm³/mol. The Hall–Kier alpha value is -1.14. The number of amides is 1. The number of aliphatic carboxylic acids is 1. The summed E-state index contributed by atoms with van der Waals surface area (Å²) in [5.74, 6) is -1.48. The van der Waals surface area contributed by atoms with Crippen molar-refractivity contribution in [3.05, 3.63) is 0 Å². The number of carboxylic acids is 1. The molecule has 6 nitrogen and oxygen atoms in total. The van der Waals surface area contributed by atoms with Crippen LogP contribution in [0.5, 0.6) is 0 Å². The predicted octanol–water partition coefficient (Wildman–Crippen LogP) is -0.717. The first-order valence-electron chi connectivity index (χ1n) is 5.20. The van der Waals surface area contributed by atoms with Crippen LogP contribution < -0.4 is 5.73 Å². The minimum absolute atomic E-state index is 0.191. The smallest absolute Gasteiger partial charge is 0.329 e. The Morgan fingerprint density at radius 2 is 2.12 bits per heavy atom. The van der Waals surface area contributed by atoms with Crippen molar-refractivity contribution < 1.29 is 19.4 Å². The highest BCUT2D eigenvalue weighted by molar-refractivity contribution is 5.76. The van der Waals surface area contributed by atoms with Crippen LogP contribution in [0.15, 0.2) is 0 Å². The fourth-order valence-corrected chi connectivity index (χ4v) is 1.83. The molecule has 1 aliphatic rings. The van der Waals surface area contributed by atoms with Crippen molar-refractivity contribution in [3.8, 4) is 0 Å². The van der Waals surface area contributed by atoms with Crippen LogP contribution in [0.4, 0.5) is 0 Å². The second-order valence-corrected chi connectivity index (χ2v) is 4.61. The molecular formula is C10H18N2O4. The maximum absolute atomic E-state index is 10.8. The first-order chi connectivity index (χ1) is 7.32. The first-order valence-corrected chi connectivity index (χ1v) is 5.20. The summed E-state index contributed by atoms with van der Waals surface area (Å²) < 4.78 is 5.24. The number of nitrogens with two attached hydrogens (primary N) is 1. The Bertz CT molecular complexity index is 287. The van der Waals surface area contributed by atoms with Crippen LogP contribution >= 0.6 is 0 Å². The highest BCUT2D eigenvalue weighted by atomic mass is 16.5. The van der Waals surface area contributed by atoms with Gasteiger partial charge in [0.05, 0.1) is 5.60 Å². The molecule has 0 radical (unpaired) electrons. The van der Waals surface area contributed by atoms with Gasteiger partial charge in [0.1, 0.15) is 6.61 Å². The van der Waals surface area contributed by atoms with Gasteiger partial charge in [0, 0.05) is 25.6 Å². The molecule has 0 aromatic heterocycles. The molecule has 1 aliphatic heterocycles. The van der Waals surface area contributed by atoms with Gasteiger partial charge in [-0.25, -0.2) is 4.79 Å². The lowest BCUT2D eigenvalue weighted by molar-refractivity contribution is -0.166. The van der Waals surface area contributed by atoms with E-state index in [9.17, 15) is 9.59 Å². The molecule has 1 atom stereocenters. The summed E-state index contributed by atoms with van der Waals surface area (Å²) in [6.45, 7) is 5.23. The zero-order valence-electron chi connectivity index (χ0n) is 9.60. The second-order valence-electron chi connectivity index (χ2n) is 4.61. The Balaban J connectivity index is 2.25. The lowest BCUT2D eigenvalue weighted by Crippen LogP contribution is -2.62. The van der Waals surface area contributed by atoms with Gasteiger partial charge in [-0.3, -0.25) is 9.69 Å². The molecule has 0 spiro atoms. The van der Waals surface area contributed by atoms with Crippen LogP contribution in [-0.2, 0) is 14.3 Å². The number of carboxylic acid groups (broad SMARTS) is 1. The van der Waals surface area contributed by atoms with Crippen LogP contribution in [0.2, 0.25) is 0 Å². The number of ether oxygens (including phenoxy) is 1. The number of hydrogen-bond donors (Lipinski definition) is 2. The number of likely N-dealkylation sites (tertiary alicyclic amines) is 1. The lowest BCUT2D eigenvalue weighted by atomic mass is 9.94. The van der Waals surface area contributed by atoms with Crippen LogP contribution in [-0.4, -0.2) is 53.7 Å². The maximum Gasteiger partial charge on any atom is 0.329 e. The number of carbonyl (C=O) groups is 2. The van der Waals surface area contributed by atoms with E-state index >= 15 is 0 Å².